The maximum atomic E-state index is 12.3. The van der Waals surface area contributed by atoms with E-state index in [4.69, 9.17) is 5.73 Å². The van der Waals surface area contributed by atoms with Crippen molar-refractivity contribution < 1.29 is 4.79 Å². The number of carbonyl (C=O) groups excluding carboxylic acids is 1. The third-order valence-corrected chi connectivity index (χ3v) is 4.09. The molecular weight excluding hydrogens is 349 g/mol. The lowest BCUT2D eigenvalue weighted by Crippen LogP contribution is -2.34. The van der Waals surface area contributed by atoms with Crippen molar-refractivity contribution in [2.45, 2.75) is 51.7 Å². The van der Waals surface area contributed by atoms with E-state index in [0.29, 0.717) is 11.5 Å². The first-order valence-electron chi connectivity index (χ1n) is 7.90. The van der Waals surface area contributed by atoms with E-state index in [2.05, 4.69) is 29.1 Å². The molecule has 0 spiro atoms. The molecule has 1 aliphatic rings. The summed E-state index contributed by atoms with van der Waals surface area (Å²) in [6, 6.07) is 2.19. The Hall–Kier alpha value is -1.37. The Morgan fingerprint density at radius 3 is 2.75 bits per heavy atom. The minimum absolute atomic E-state index is 0. The van der Waals surface area contributed by atoms with Gasteiger partial charge in [-0.25, -0.2) is 9.97 Å². The molecule has 0 radical (unpaired) electrons. The van der Waals surface area contributed by atoms with Crippen LogP contribution in [0, 0.1) is 5.92 Å². The number of halogens is 2. The number of nitrogens with zero attached hydrogens (tertiary/aromatic N) is 3. The van der Waals surface area contributed by atoms with Crippen molar-refractivity contribution in [3.8, 4) is 0 Å². The number of aromatic nitrogens is 3. The molecule has 0 aliphatic heterocycles. The SMILES string of the molecule is CC(C)Cn1cnc2cc(C(=O)N[C@@H]3CC[C@H](N)C3)cnc21.Cl.Cl. The quantitative estimate of drug-likeness (QED) is 0.861. The molecule has 2 aromatic rings. The highest BCUT2D eigenvalue weighted by atomic mass is 35.5. The number of hydrogen-bond acceptors (Lipinski definition) is 4. The number of nitrogens with two attached hydrogens (primary N) is 1. The molecule has 8 heteroatoms. The molecule has 2 heterocycles. The van der Waals surface area contributed by atoms with Crippen molar-refractivity contribution in [2.24, 2.45) is 11.7 Å². The van der Waals surface area contributed by atoms with Gasteiger partial charge in [-0.05, 0) is 31.2 Å². The van der Waals surface area contributed by atoms with Crippen molar-refractivity contribution >= 4 is 41.9 Å². The molecule has 3 rings (SSSR count). The van der Waals surface area contributed by atoms with Crippen molar-refractivity contribution in [2.75, 3.05) is 0 Å². The average Bonchev–Trinajstić information content (AvgIpc) is 3.05. The van der Waals surface area contributed by atoms with E-state index >= 15 is 0 Å². The standard InChI is InChI=1S/C16H23N5O.2ClH/c1-10(2)8-21-9-19-14-5-11(7-18-15(14)21)16(22)20-13-4-3-12(17)6-13;;/h5,7,9-10,12-13H,3-4,6,8,17H2,1-2H3,(H,20,22);2*1H/t12-,13+;;/m0../s1. The van der Waals surface area contributed by atoms with Gasteiger partial charge in [0.15, 0.2) is 5.65 Å². The van der Waals surface area contributed by atoms with Crippen LogP contribution in [0.2, 0.25) is 0 Å². The second kappa shape index (κ2) is 8.65. The van der Waals surface area contributed by atoms with Crippen molar-refractivity contribution in [1.29, 1.82) is 0 Å². The Morgan fingerprint density at radius 1 is 1.38 bits per heavy atom. The van der Waals surface area contributed by atoms with Crippen LogP contribution in [0.5, 0.6) is 0 Å². The number of fused-ring (bicyclic) bond motifs is 1. The summed E-state index contributed by atoms with van der Waals surface area (Å²) in [6.07, 6.45) is 6.19. The van der Waals surface area contributed by atoms with E-state index in [9.17, 15) is 4.79 Å². The zero-order valence-corrected chi connectivity index (χ0v) is 15.6. The van der Waals surface area contributed by atoms with E-state index in [0.717, 1.165) is 37.0 Å². The summed E-state index contributed by atoms with van der Waals surface area (Å²) in [5.41, 5.74) is 8.03. The van der Waals surface area contributed by atoms with E-state index in [1.807, 2.05) is 10.6 Å². The molecule has 24 heavy (non-hydrogen) atoms. The van der Waals surface area contributed by atoms with Gasteiger partial charge in [-0.3, -0.25) is 4.79 Å². The van der Waals surface area contributed by atoms with Crippen LogP contribution in [0.3, 0.4) is 0 Å². The Labute approximate surface area is 154 Å². The number of imidazole rings is 1. The van der Waals surface area contributed by atoms with E-state index in [1.165, 1.54) is 0 Å². The molecule has 3 N–H and O–H groups in total. The molecule has 1 aliphatic carbocycles. The minimum Gasteiger partial charge on any atom is -0.349 e. The summed E-state index contributed by atoms with van der Waals surface area (Å²) >= 11 is 0. The van der Waals surface area contributed by atoms with Gasteiger partial charge in [-0.15, -0.1) is 24.8 Å². The highest BCUT2D eigenvalue weighted by Crippen LogP contribution is 2.18. The second-order valence-electron chi connectivity index (χ2n) is 6.60. The second-order valence-corrected chi connectivity index (χ2v) is 6.60. The topological polar surface area (TPSA) is 85.8 Å². The normalized spacial score (nSPS) is 19.8. The van der Waals surface area contributed by atoms with E-state index in [1.54, 1.807) is 12.5 Å². The lowest BCUT2D eigenvalue weighted by atomic mass is 10.2. The molecule has 0 aromatic carbocycles. The Morgan fingerprint density at radius 2 is 2.12 bits per heavy atom. The fraction of sp³-hybridized carbons (Fsp3) is 0.562. The fourth-order valence-corrected chi connectivity index (χ4v) is 3.02. The summed E-state index contributed by atoms with van der Waals surface area (Å²) < 4.78 is 2.03. The predicted octanol–water partition coefficient (Wildman–Crippen LogP) is 2.54. The molecule has 2 aromatic heterocycles. The fourth-order valence-electron chi connectivity index (χ4n) is 3.02. The molecule has 0 bridgehead atoms. The molecule has 1 amide bonds. The van der Waals surface area contributed by atoms with Gasteiger partial charge in [0.1, 0.15) is 5.52 Å². The molecule has 1 saturated carbocycles. The van der Waals surface area contributed by atoms with Gasteiger partial charge in [0, 0.05) is 24.8 Å². The van der Waals surface area contributed by atoms with Gasteiger partial charge in [0.05, 0.1) is 11.9 Å². The largest absolute Gasteiger partial charge is 0.349 e. The van der Waals surface area contributed by atoms with Crippen LogP contribution in [0.15, 0.2) is 18.6 Å². The van der Waals surface area contributed by atoms with E-state index < -0.39 is 0 Å². The first-order chi connectivity index (χ1) is 10.5. The van der Waals surface area contributed by atoms with Gasteiger partial charge in [-0.2, -0.15) is 0 Å². The zero-order valence-electron chi connectivity index (χ0n) is 13.9. The lowest BCUT2D eigenvalue weighted by molar-refractivity contribution is 0.0937. The van der Waals surface area contributed by atoms with Crippen molar-refractivity contribution in [3.05, 3.63) is 24.2 Å². The number of hydrogen-bond donors (Lipinski definition) is 2. The Bertz CT molecular complexity index is 688. The van der Waals surface area contributed by atoms with Gasteiger partial charge >= 0.3 is 0 Å². The highest BCUT2D eigenvalue weighted by Gasteiger charge is 2.23. The number of pyridine rings is 1. The monoisotopic (exact) mass is 373 g/mol. The minimum atomic E-state index is -0.0908. The van der Waals surface area contributed by atoms with Crippen molar-refractivity contribution in [1.82, 2.24) is 19.9 Å². The van der Waals surface area contributed by atoms with Gasteiger partial charge < -0.3 is 15.6 Å². The maximum Gasteiger partial charge on any atom is 0.253 e. The summed E-state index contributed by atoms with van der Waals surface area (Å²) in [4.78, 5) is 21.1. The molecular formula is C16H25Cl2N5O. The lowest BCUT2D eigenvalue weighted by Gasteiger charge is -2.12. The molecule has 0 unspecified atom stereocenters. The summed E-state index contributed by atoms with van der Waals surface area (Å²) in [5.74, 6) is 0.431. The van der Waals surface area contributed by atoms with Gasteiger partial charge in [0.25, 0.3) is 5.91 Å². The maximum absolute atomic E-state index is 12.3. The summed E-state index contributed by atoms with van der Waals surface area (Å²) in [7, 11) is 0. The van der Waals surface area contributed by atoms with Crippen LogP contribution in [-0.4, -0.2) is 32.5 Å². The third kappa shape index (κ3) is 4.59. The Kier molecular flexibility index (Phi) is 7.45. The summed E-state index contributed by atoms with van der Waals surface area (Å²) in [6.45, 7) is 5.18. The number of carbonyl (C=O) groups is 1. The van der Waals surface area contributed by atoms with Crippen LogP contribution in [0.25, 0.3) is 11.2 Å². The van der Waals surface area contributed by atoms with Crippen molar-refractivity contribution in [3.63, 3.8) is 0 Å². The molecule has 6 nitrogen and oxygen atoms in total. The van der Waals surface area contributed by atoms with Gasteiger partial charge in [-0.1, -0.05) is 13.8 Å². The van der Waals surface area contributed by atoms with Crippen LogP contribution in [0.1, 0.15) is 43.5 Å². The smallest absolute Gasteiger partial charge is 0.253 e. The molecule has 0 saturated heterocycles. The Balaban J connectivity index is 0.00000144. The van der Waals surface area contributed by atoms with Crippen LogP contribution in [0.4, 0.5) is 0 Å². The van der Waals surface area contributed by atoms with E-state index in [-0.39, 0.29) is 42.8 Å². The number of nitrogens with one attached hydrogen (secondary N) is 1. The third-order valence-electron chi connectivity index (χ3n) is 4.09. The van der Waals surface area contributed by atoms with Crippen LogP contribution in [-0.2, 0) is 6.54 Å². The summed E-state index contributed by atoms with van der Waals surface area (Å²) in [5, 5.41) is 3.04. The average molecular weight is 374 g/mol. The zero-order chi connectivity index (χ0) is 15.7. The highest BCUT2D eigenvalue weighted by molar-refractivity contribution is 5.96. The number of rotatable bonds is 4. The van der Waals surface area contributed by atoms with Crippen LogP contribution < -0.4 is 11.1 Å². The molecule has 2 atom stereocenters. The predicted molar refractivity (Wildman–Crippen MR) is 99.9 cm³/mol. The van der Waals surface area contributed by atoms with Gasteiger partial charge in [0.2, 0.25) is 0 Å². The first-order valence-corrected chi connectivity index (χ1v) is 7.90. The first kappa shape index (κ1) is 20.7. The number of amides is 1. The molecule has 134 valence electrons. The van der Waals surface area contributed by atoms with Crippen LogP contribution >= 0.6 is 24.8 Å². The molecule has 1 fully saturated rings.